The Bertz CT molecular complexity index is 1540. The Balaban J connectivity index is 1.36. The smallest absolute Gasteiger partial charge is 0.339 e. The predicted molar refractivity (Wildman–Crippen MR) is 149 cm³/mol. The van der Waals surface area contributed by atoms with Gasteiger partial charge in [0.25, 0.3) is 5.91 Å². The zero-order valence-electron chi connectivity index (χ0n) is 20.9. The SMILES string of the molecule is CCOc1cc(/C=N\NC(=O)c2ccc(OCc3ccc(Cl)cc3)cc2)ccc1OS(=O)(=O)c1ccccc1. The maximum absolute atomic E-state index is 12.6. The summed E-state index contributed by atoms with van der Waals surface area (Å²) < 4.78 is 41.8. The molecule has 10 heteroatoms. The first-order valence-corrected chi connectivity index (χ1v) is 13.7. The zero-order valence-corrected chi connectivity index (χ0v) is 22.5. The van der Waals surface area contributed by atoms with E-state index >= 15 is 0 Å². The molecule has 0 saturated heterocycles. The fourth-order valence-electron chi connectivity index (χ4n) is 3.38. The van der Waals surface area contributed by atoms with E-state index < -0.39 is 16.0 Å². The van der Waals surface area contributed by atoms with Gasteiger partial charge in [-0.3, -0.25) is 4.79 Å². The van der Waals surface area contributed by atoms with Crippen molar-refractivity contribution >= 4 is 33.8 Å². The molecule has 0 aromatic heterocycles. The van der Waals surface area contributed by atoms with Gasteiger partial charge in [0.15, 0.2) is 11.5 Å². The minimum Gasteiger partial charge on any atom is -0.490 e. The number of benzene rings is 4. The van der Waals surface area contributed by atoms with E-state index in [9.17, 15) is 13.2 Å². The van der Waals surface area contributed by atoms with Gasteiger partial charge in [0.2, 0.25) is 0 Å². The van der Waals surface area contributed by atoms with E-state index in [-0.39, 0.29) is 16.4 Å². The van der Waals surface area contributed by atoms with Crippen molar-refractivity contribution in [2.75, 3.05) is 6.61 Å². The molecule has 0 bridgehead atoms. The van der Waals surface area contributed by atoms with Gasteiger partial charge in [0, 0.05) is 10.6 Å². The molecular weight excluding hydrogens is 540 g/mol. The van der Waals surface area contributed by atoms with E-state index in [1.807, 2.05) is 12.1 Å². The molecule has 200 valence electrons. The van der Waals surface area contributed by atoms with Crippen molar-refractivity contribution < 1.29 is 26.9 Å². The zero-order chi connectivity index (χ0) is 27.7. The number of halogens is 1. The van der Waals surface area contributed by atoms with Crippen LogP contribution >= 0.6 is 11.6 Å². The van der Waals surface area contributed by atoms with E-state index in [1.54, 1.807) is 73.7 Å². The maximum Gasteiger partial charge on any atom is 0.339 e. The van der Waals surface area contributed by atoms with Crippen LogP contribution in [0, 0.1) is 0 Å². The molecule has 8 nitrogen and oxygen atoms in total. The summed E-state index contributed by atoms with van der Waals surface area (Å²) in [6.45, 7) is 2.43. The third kappa shape index (κ3) is 7.83. The third-order valence-electron chi connectivity index (χ3n) is 5.31. The second-order valence-electron chi connectivity index (χ2n) is 8.13. The summed E-state index contributed by atoms with van der Waals surface area (Å²) in [7, 11) is -4.03. The molecule has 0 unspecified atom stereocenters. The molecular formula is C29H25ClN2O6S. The Labute approximate surface area is 231 Å². The first kappa shape index (κ1) is 27.7. The molecule has 0 aliphatic carbocycles. The average Bonchev–Trinajstić information content (AvgIpc) is 2.95. The highest BCUT2D eigenvalue weighted by Gasteiger charge is 2.19. The van der Waals surface area contributed by atoms with Gasteiger partial charge >= 0.3 is 10.1 Å². The van der Waals surface area contributed by atoms with Crippen molar-refractivity contribution in [1.82, 2.24) is 5.43 Å². The molecule has 39 heavy (non-hydrogen) atoms. The van der Waals surface area contributed by atoms with Crippen LogP contribution in [0.3, 0.4) is 0 Å². The molecule has 0 fully saturated rings. The largest absolute Gasteiger partial charge is 0.490 e. The quantitative estimate of drug-likeness (QED) is 0.139. The van der Waals surface area contributed by atoms with E-state index in [1.165, 1.54) is 24.4 Å². The van der Waals surface area contributed by atoms with E-state index in [2.05, 4.69) is 10.5 Å². The molecule has 4 aromatic carbocycles. The summed E-state index contributed by atoms with van der Waals surface area (Å²) in [6, 6.07) is 26.5. The maximum atomic E-state index is 12.6. The van der Waals surface area contributed by atoms with Crippen molar-refractivity contribution in [2.24, 2.45) is 5.10 Å². The molecule has 0 saturated carbocycles. The lowest BCUT2D eigenvalue weighted by molar-refractivity contribution is 0.0955. The monoisotopic (exact) mass is 564 g/mol. The second kappa shape index (κ2) is 12.9. The lowest BCUT2D eigenvalue weighted by Gasteiger charge is -2.12. The van der Waals surface area contributed by atoms with Gasteiger partial charge in [-0.1, -0.05) is 41.9 Å². The van der Waals surface area contributed by atoms with Crippen molar-refractivity contribution in [3.63, 3.8) is 0 Å². The molecule has 0 radical (unpaired) electrons. The van der Waals surface area contributed by atoms with Crippen LogP contribution in [-0.4, -0.2) is 27.1 Å². The Morgan fingerprint density at radius 2 is 1.62 bits per heavy atom. The molecule has 0 spiro atoms. The van der Waals surface area contributed by atoms with Gasteiger partial charge in [0.1, 0.15) is 17.3 Å². The number of nitrogens with one attached hydrogen (secondary N) is 1. The minimum atomic E-state index is -4.03. The van der Waals surface area contributed by atoms with Crippen molar-refractivity contribution in [2.45, 2.75) is 18.4 Å². The molecule has 0 aliphatic rings. The fraction of sp³-hybridized carbons (Fsp3) is 0.103. The molecule has 1 N–H and O–H groups in total. The summed E-state index contributed by atoms with van der Waals surface area (Å²) in [5.74, 6) is 0.473. The Morgan fingerprint density at radius 1 is 0.897 bits per heavy atom. The average molecular weight is 565 g/mol. The number of rotatable bonds is 11. The van der Waals surface area contributed by atoms with Crippen molar-refractivity contribution in [1.29, 1.82) is 0 Å². The topological polar surface area (TPSA) is 103 Å². The number of hydrogen-bond acceptors (Lipinski definition) is 7. The van der Waals surface area contributed by atoms with Gasteiger partial charge < -0.3 is 13.7 Å². The molecule has 4 rings (SSSR count). The number of carbonyl (C=O) groups is 1. The molecule has 0 heterocycles. The standard InChI is InChI=1S/C29H25ClN2O6S/c1-2-36-28-18-22(10-17-27(28)38-39(34,35)26-6-4-3-5-7-26)19-31-32-29(33)23-11-15-25(16-12-23)37-20-21-8-13-24(30)14-9-21/h3-19H,2,20H2,1H3,(H,32,33)/b31-19-. The van der Waals surface area contributed by atoms with Crippen LogP contribution in [0.5, 0.6) is 17.2 Å². The molecule has 0 atom stereocenters. The number of amides is 1. The highest BCUT2D eigenvalue weighted by Crippen LogP contribution is 2.31. The number of hydrazone groups is 1. The Morgan fingerprint density at radius 3 is 2.31 bits per heavy atom. The number of carbonyl (C=O) groups excluding carboxylic acids is 1. The number of ether oxygens (including phenoxy) is 2. The van der Waals surface area contributed by atoms with Gasteiger partial charge in [-0.25, -0.2) is 5.43 Å². The molecule has 1 amide bonds. The molecule has 4 aromatic rings. The third-order valence-corrected chi connectivity index (χ3v) is 6.81. The lowest BCUT2D eigenvalue weighted by Crippen LogP contribution is -2.17. The van der Waals surface area contributed by atoms with Crippen LogP contribution < -0.4 is 19.1 Å². The number of nitrogens with zero attached hydrogens (tertiary/aromatic N) is 1. The van der Waals surface area contributed by atoms with Crippen LogP contribution in [0.4, 0.5) is 0 Å². The van der Waals surface area contributed by atoms with Crippen LogP contribution in [0.1, 0.15) is 28.4 Å². The van der Waals surface area contributed by atoms with Gasteiger partial charge in [-0.2, -0.15) is 13.5 Å². The summed E-state index contributed by atoms with van der Waals surface area (Å²) in [5, 5.41) is 4.65. The highest BCUT2D eigenvalue weighted by molar-refractivity contribution is 7.87. The van der Waals surface area contributed by atoms with Crippen LogP contribution in [0.15, 0.2) is 107 Å². The van der Waals surface area contributed by atoms with Crippen LogP contribution in [0.2, 0.25) is 5.02 Å². The van der Waals surface area contributed by atoms with E-state index in [0.717, 1.165) is 5.56 Å². The van der Waals surface area contributed by atoms with Crippen molar-refractivity contribution in [3.05, 3.63) is 119 Å². The lowest BCUT2D eigenvalue weighted by atomic mass is 10.2. The molecule has 0 aliphatic heterocycles. The fourth-order valence-corrected chi connectivity index (χ4v) is 4.46. The van der Waals surface area contributed by atoms with Crippen LogP contribution in [0.25, 0.3) is 0 Å². The minimum absolute atomic E-state index is 0.0296. The summed E-state index contributed by atoms with van der Waals surface area (Å²) in [6.07, 6.45) is 1.42. The first-order chi connectivity index (χ1) is 18.8. The summed E-state index contributed by atoms with van der Waals surface area (Å²) >= 11 is 5.89. The predicted octanol–water partition coefficient (Wildman–Crippen LogP) is 5.85. The second-order valence-corrected chi connectivity index (χ2v) is 10.1. The van der Waals surface area contributed by atoms with Gasteiger partial charge in [-0.05, 0) is 84.8 Å². The Hall–Kier alpha value is -4.34. The summed E-state index contributed by atoms with van der Waals surface area (Å²) in [4.78, 5) is 12.5. The van der Waals surface area contributed by atoms with Gasteiger partial charge in [0.05, 0.1) is 12.8 Å². The highest BCUT2D eigenvalue weighted by atomic mass is 35.5. The van der Waals surface area contributed by atoms with Crippen molar-refractivity contribution in [3.8, 4) is 17.2 Å². The van der Waals surface area contributed by atoms with E-state index in [4.69, 9.17) is 25.3 Å². The summed E-state index contributed by atoms with van der Waals surface area (Å²) in [5.41, 5.74) is 4.40. The van der Waals surface area contributed by atoms with Crippen LogP contribution in [-0.2, 0) is 16.7 Å². The van der Waals surface area contributed by atoms with Gasteiger partial charge in [-0.15, -0.1) is 0 Å². The number of hydrogen-bond donors (Lipinski definition) is 1. The first-order valence-electron chi connectivity index (χ1n) is 11.9. The van der Waals surface area contributed by atoms with E-state index in [0.29, 0.717) is 35.1 Å². The Kier molecular flexibility index (Phi) is 9.19. The normalized spacial score (nSPS) is 11.2.